The molecule has 0 heterocycles. The summed E-state index contributed by atoms with van der Waals surface area (Å²) in [6, 6.07) is 21.8. The number of rotatable bonds is 8. The fourth-order valence-corrected chi connectivity index (χ4v) is 6.15. The maximum atomic E-state index is 11.0. The number of aliphatic hydroxyl groups is 1. The lowest BCUT2D eigenvalue weighted by Gasteiger charge is -2.34. The van der Waals surface area contributed by atoms with Crippen LogP contribution in [0.1, 0.15) is 98.6 Å². The van der Waals surface area contributed by atoms with Crippen molar-refractivity contribution in [3.05, 3.63) is 94.0 Å². The van der Waals surface area contributed by atoms with E-state index in [1.165, 1.54) is 35.1 Å². The van der Waals surface area contributed by atoms with Crippen molar-refractivity contribution < 1.29 is 14.6 Å². The average molecular weight is 523 g/mol. The minimum Gasteiger partial charge on any atom is -0.463 e. The fourth-order valence-electron chi connectivity index (χ4n) is 6.15. The second-order valence-corrected chi connectivity index (χ2v) is 11.1. The standard InChI is InChI=1S/C36H42O3/c1-5-36(6-2,32-16-15-30(27(3)23-32)19-22-35(38)20-9-7-8-10-21-35)33-17-18-34(28(4)24-33)31-13-11-29(12-14-31)25-39-26-37/h11-18,23-24,26,38H,5-10,20-21,25H2,1-4H3. The Bertz CT molecular complexity index is 1330. The molecule has 3 aromatic rings. The highest BCUT2D eigenvalue weighted by Gasteiger charge is 2.31. The van der Waals surface area contributed by atoms with E-state index in [4.69, 9.17) is 4.74 Å². The molecule has 4 rings (SSSR count). The van der Waals surface area contributed by atoms with Gasteiger partial charge in [0, 0.05) is 11.0 Å². The van der Waals surface area contributed by atoms with Crippen LogP contribution in [-0.4, -0.2) is 17.2 Å². The molecule has 1 N–H and O–H groups in total. The first kappa shape index (κ1) is 28.7. The van der Waals surface area contributed by atoms with E-state index >= 15 is 0 Å². The molecule has 1 fully saturated rings. The molecule has 0 atom stereocenters. The van der Waals surface area contributed by atoms with E-state index in [0.29, 0.717) is 13.1 Å². The zero-order chi connectivity index (χ0) is 27.9. The molecule has 0 aliphatic heterocycles. The lowest BCUT2D eigenvalue weighted by atomic mass is 9.69. The third-order valence-electron chi connectivity index (χ3n) is 8.71. The summed E-state index contributed by atoms with van der Waals surface area (Å²) in [4.78, 5) is 10.5. The van der Waals surface area contributed by atoms with E-state index in [-0.39, 0.29) is 5.41 Å². The molecular weight excluding hydrogens is 480 g/mol. The van der Waals surface area contributed by atoms with Crippen LogP contribution in [-0.2, 0) is 21.6 Å². The third-order valence-corrected chi connectivity index (χ3v) is 8.71. The molecule has 0 unspecified atom stereocenters. The van der Waals surface area contributed by atoms with Crippen molar-refractivity contribution in [1.82, 2.24) is 0 Å². The summed E-state index contributed by atoms with van der Waals surface area (Å²) < 4.78 is 4.88. The predicted molar refractivity (Wildman–Crippen MR) is 160 cm³/mol. The van der Waals surface area contributed by atoms with Crippen molar-refractivity contribution in [2.45, 2.75) is 96.7 Å². The number of hydrogen-bond donors (Lipinski definition) is 1. The highest BCUT2D eigenvalue weighted by molar-refractivity contribution is 5.68. The summed E-state index contributed by atoms with van der Waals surface area (Å²) in [5.74, 6) is 6.57. The van der Waals surface area contributed by atoms with Gasteiger partial charge in [0.25, 0.3) is 6.47 Å². The van der Waals surface area contributed by atoms with Gasteiger partial charge in [-0.1, -0.05) is 93.1 Å². The monoisotopic (exact) mass is 522 g/mol. The lowest BCUT2D eigenvalue weighted by Crippen LogP contribution is -2.26. The van der Waals surface area contributed by atoms with Gasteiger partial charge in [-0.2, -0.15) is 0 Å². The van der Waals surface area contributed by atoms with E-state index in [1.54, 1.807) is 0 Å². The number of carbonyl (C=O) groups is 1. The molecule has 204 valence electrons. The van der Waals surface area contributed by atoms with Crippen molar-refractivity contribution in [3.8, 4) is 23.0 Å². The molecule has 39 heavy (non-hydrogen) atoms. The van der Waals surface area contributed by atoms with Crippen LogP contribution in [0.3, 0.4) is 0 Å². The zero-order valence-electron chi connectivity index (χ0n) is 24.0. The van der Waals surface area contributed by atoms with Crippen LogP contribution in [0.5, 0.6) is 0 Å². The topological polar surface area (TPSA) is 46.5 Å². The molecule has 3 nitrogen and oxygen atoms in total. The van der Waals surface area contributed by atoms with Crippen LogP contribution in [0.2, 0.25) is 0 Å². The Morgan fingerprint density at radius 3 is 2.05 bits per heavy atom. The normalized spacial score (nSPS) is 15.1. The van der Waals surface area contributed by atoms with E-state index < -0.39 is 5.60 Å². The Morgan fingerprint density at radius 1 is 0.872 bits per heavy atom. The molecule has 3 heteroatoms. The summed E-state index contributed by atoms with van der Waals surface area (Å²) in [5.41, 5.74) is 8.46. The van der Waals surface area contributed by atoms with Crippen molar-refractivity contribution in [3.63, 3.8) is 0 Å². The van der Waals surface area contributed by atoms with Crippen molar-refractivity contribution in [1.29, 1.82) is 0 Å². The van der Waals surface area contributed by atoms with Crippen LogP contribution in [0.4, 0.5) is 0 Å². The number of ether oxygens (including phenoxy) is 1. The summed E-state index contributed by atoms with van der Waals surface area (Å²) >= 11 is 0. The molecule has 0 saturated heterocycles. The second-order valence-electron chi connectivity index (χ2n) is 11.1. The Labute approximate surface area is 234 Å². The van der Waals surface area contributed by atoms with Gasteiger partial charge in [0.2, 0.25) is 0 Å². The minimum absolute atomic E-state index is 0.0878. The first-order valence-corrected chi connectivity index (χ1v) is 14.5. The van der Waals surface area contributed by atoms with Gasteiger partial charge in [0.15, 0.2) is 0 Å². The largest absolute Gasteiger partial charge is 0.463 e. The van der Waals surface area contributed by atoms with E-state index in [1.807, 2.05) is 12.1 Å². The van der Waals surface area contributed by atoms with Crippen LogP contribution in [0, 0.1) is 25.7 Å². The smallest absolute Gasteiger partial charge is 0.293 e. The fraction of sp³-hybridized carbons (Fsp3) is 0.417. The number of hydrogen-bond acceptors (Lipinski definition) is 3. The second kappa shape index (κ2) is 12.7. The third kappa shape index (κ3) is 6.45. The number of carbonyl (C=O) groups excluding carboxylic acids is 1. The highest BCUT2D eigenvalue weighted by atomic mass is 16.5. The molecule has 0 bridgehead atoms. The van der Waals surface area contributed by atoms with Crippen molar-refractivity contribution in [2.75, 3.05) is 0 Å². The minimum atomic E-state index is -0.846. The van der Waals surface area contributed by atoms with E-state index in [9.17, 15) is 9.90 Å². The Morgan fingerprint density at radius 2 is 1.49 bits per heavy atom. The van der Waals surface area contributed by atoms with Crippen molar-refractivity contribution in [2.24, 2.45) is 0 Å². The van der Waals surface area contributed by atoms with Gasteiger partial charge in [-0.15, -0.1) is 0 Å². The molecule has 1 aliphatic carbocycles. The first-order chi connectivity index (χ1) is 18.8. The van der Waals surface area contributed by atoms with Gasteiger partial charge < -0.3 is 9.84 Å². The molecule has 3 aromatic carbocycles. The Kier molecular flexibility index (Phi) is 9.31. The van der Waals surface area contributed by atoms with Crippen LogP contribution < -0.4 is 0 Å². The molecule has 0 radical (unpaired) electrons. The van der Waals surface area contributed by atoms with Gasteiger partial charge in [-0.05, 0) is 97.4 Å². The molecule has 0 spiro atoms. The summed E-state index contributed by atoms with van der Waals surface area (Å²) in [7, 11) is 0. The zero-order valence-corrected chi connectivity index (χ0v) is 24.0. The van der Waals surface area contributed by atoms with Crippen LogP contribution in [0.25, 0.3) is 11.1 Å². The van der Waals surface area contributed by atoms with Gasteiger partial charge in [0.05, 0.1) is 0 Å². The summed E-state index contributed by atoms with van der Waals surface area (Å²) in [5, 5.41) is 11.0. The van der Waals surface area contributed by atoms with E-state index in [0.717, 1.165) is 60.8 Å². The predicted octanol–water partition coefficient (Wildman–Crippen LogP) is 8.19. The average Bonchev–Trinajstić information content (AvgIpc) is 3.17. The van der Waals surface area contributed by atoms with Gasteiger partial charge >= 0.3 is 0 Å². The molecule has 0 amide bonds. The SMILES string of the molecule is CCC(CC)(c1ccc(C#CC2(O)CCCCCC2)c(C)c1)c1ccc(-c2ccc(COC=O)cc2)c(C)c1. The van der Waals surface area contributed by atoms with Gasteiger partial charge in [-0.3, -0.25) is 4.79 Å². The number of aryl methyl sites for hydroxylation is 2. The Hall–Kier alpha value is -3.35. The van der Waals surface area contributed by atoms with Gasteiger partial charge in [-0.25, -0.2) is 0 Å². The maximum Gasteiger partial charge on any atom is 0.293 e. The highest BCUT2D eigenvalue weighted by Crippen LogP contribution is 2.41. The molecular formula is C36H42O3. The summed E-state index contributed by atoms with van der Waals surface area (Å²) in [6.45, 7) is 9.64. The quantitative estimate of drug-likeness (QED) is 0.184. The van der Waals surface area contributed by atoms with E-state index in [2.05, 4.69) is 88.1 Å². The van der Waals surface area contributed by atoms with Crippen LogP contribution >= 0.6 is 0 Å². The molecule has 1 aliphatic rings. The first-order valence-electron chi connectivity index (χ1n) is 14.5. The van der Waals surface area contributed by atoms with Crippen LogP contribution in [0.15, 0.2) is 60.7 Å². The van der Waals surface area contributed by atoms with Gasteiger partial charge in [0.1, 0.15) is 12.2 Å². The maximum absolute atomic E-state index is 11.0. The van der Waals surface area contributed by atoms with Crippen molar-refractivity contribution >= 4 is 6.47 Å². The lowest BCUT2D eigenvalue weighted by molar-refractivity contribution is -0.129. The summed E-state index contributed by atoms with van der Waals surface area (Å²) in [6.07, 6.45) is 8.05. The molecule has 0 aromatic heterocycles. The molecule has 1 saturated carbocycles. The Balaban J connectivity index is 1.62. The number of benzene rings is 3.